The summed E-state index contributed by atoms with van der Waals surface area (Å²) in [6.45, 7) is 4.10. The van der Waals surface area contributed by atoms with Crippen molar-refractivity contribution in [3.8, 4) is 0 Å². The Labute approximate surface area is 130 Å². The highest BCUT2D eigenvalue weighted by Gasteiger charge is 2.26. The van der Waals surface area contributed by atoms with Gasteiger partial charge in [-0.3, -0.25) is 4.79 Å². The Morgan fingerprint density at radius 2 is 1.91 bits per heavy atom. The van der Waals surface area contributed by atoms with Crippen LogP contribution in [0.5, 0.6) is 0 Å². The molecule has 0 radical (unpaired) electrons. The van der Waals surface area contributed by atoms with E-state index >= 15 is 0 Å². The van der Waals surface area contributed by atoms with Crippen LogP contribution in [0.4, 0.5) is 15.8 Å². The summed E-state index contributed by atoms with van der Waals surface area (Å²) in [6, 6.07) is 13.6. The van der Waals surface area contributed by atoms with Gasteiger partial charge in [0.1, 0.15) is 5.82 Å². The maximum absolute atomic E-state index is 13.1. The molecule has 2 rings (SSSR count). The Bertz CT molecular complexity index is 643. The Morgan fingerprint density at radius 1 is 1.23 bits per heavy atom. The minimum Gasteiger partial charge on any atom is -0.397 e. The van der Waals surface area contributed by atoms with Crippen LogP contribution in [0.15, 0.2) is 48.5 Å². The van der Waals surface area contributed by atoms with E-state index in [1.54, 1.807) is 0 Å². The molecule has 0 aliphatic carbocycles. The topological polar surface area (TPSA) is 55.1 Å². The van der Waals surface area contributed by atoms with E-state index in [1.165, 1.54) is 18.2 Å². The fourth-order valence-corrected chi connectivity index (χ4v) is 2.49. The van der Waals surface area contributed by atoms with Crippen LogP contribution in [0, 0.1) is 11.7 Å². The quantitative estimate of drug-likeness (QED) is 0.814. The predicted octanol–water partition coefficient (Wildman–Crippen LogP) is 4.18. The van der Waals surface area contributed by atoms with Gasteiger partial charge in [0.25, 0.3) is 0 Å². The second-order valence-corrected chi connectivity index (χ2v) is 5.49. The minimum absolute atomic E-state index is 0.126. The third-order valence-electron chi connectivity index (χ3n) is 3.93. The van der Waals surface area contributed by atoms with Crippen LogP contribution in [0.3, 0.4) is 0 Å². The number of hydrogen-bond donors (Lipinski definition) is 2. The van der Waals surface area contributed by atoms with Gasteiger partial charge in [0.05, 0.1) is 17.3 Å². The van der Waals surface area contributed by atoms with Gasteiger partial charge in [0.15, 0.2) is 0 Å². The van der Waals surface area contributed by atoms with Gasteiger partial charge in [-0.15, -0.1) is 0 Å². The maximum atomic E-state index is 13.1. The molecule has 3 nitrogen and oxygen atoms in total. The van der Waals surface area contributed by atoms with Crippen LogP contribution >= 0.6 is 0 Å². The summed E-state index contributed by atoms with van der Waals surface area (Å²) in [5, 5.41) is 2.82. The van der Waals surface area contributed by atoms with Crippen LogP contribution in [0.25, 0.3) is 0 Å². The molecule has 0 saturated carbocycles. The first-order chi connectivity index (χ1) is 10.5. The van der Waals surface area contributed by atoms with Crippen molar-refractivity contribution >= 4 is 17.3 Å². The standard InChI is InChI=1S/C18H21FN2O/c1-3-12(2)17(13-7-5-4-6-8-13)18(22)21-16-10-9-14(19)11-15(16)20/h4-12,17H,3,20H2,1-2H3,(H,21,22). The Balaban J connectivity index is 2.26. The molecule has 2 atom stereocenters. The maximum Gasteiger partial charge on any atom is 0.232 e. The zero-order valence-electron chi connectivity index (χ0n) is 12.8. The molecule has 0 aliphatic heterocycles. The van der Waals surface area contributed by atoms with Crippen molar-refractivity contribution in [2.45, 2.75) is 26.2 Å². The van der Waals surface area contributed by atoms with Crippen LogP contribution in [0.2, 0.25) is 0 Å². The highest BCUT2D eigenvalue weighted by molar-refractivity contribution is 5.98. The molecule has 2 aromatic rings. The fraction of sp³-hybridized carbons (Fsp3) is 0.278. The lowest BCUT2D eigenvalue weighted by Crippen LogP contribution is -2.26. The van der Waals surface area contributed by atoms with Crippen molar-refractivity contribution in [1.82, 2.24) is 0 Å². The molecule has 2 unspecified atom stereocenters. The molecular weight excluding hydrogens is 279 g/mol. The molecule has 3 N–H and O–H groups in total. The van der Waals surface area contributed by atoms with Crippen LogP contribution in [-0.2, 0) is 4.79 Å². The molecular formula is C18H21FN2O. The fourth-order valence-electron chi connectivity index (χ4n) is 2.49. The Hall–Kier alpha value is -2.36. The first-order valence-electron chi connectivity index (χ1n) is 7.43. The molecule has 0 aliphatic rings. The highest BCUT2D eigenvalue weighted by Crippen LogP contribution is 2.29. The summed E-state index contributed by atoms with van der Waals surface area (Å²) in [4.78, 5) is 12.7. The molecule has 116 valence electrons. The lowest BCUT2D eigenvalue weighted by atomic mass is 9.85. The monoisotopic (exact) mass is 300 g/mol. The van der Waals surface area contributed by atoms with E-state index in [0.717, 1.165) is 12.0 Å². The number of carbonyl (C=O) groups is 1. The summed E-state index contributed by atoms with van der Waals surface area (Å²) in [5.74, 6) is -0.629. The van der Waals surface area contributed by atoms with E-state index in [4.69, 9.17) is 5.73 Å². The van der Waals surface area contributed by atoms with Crippen molar-refractivity contribution < 1.29 is 9.18 Å². The molecule has 0 heterocycles. The SMILES string of the molecule is CCC(C)C(C(=O)Nc1ccc(F)cc1N)c1ccccc1. The Morgan fingerprint density at radius 3 is 2.50 bits per heavy atom. The second-order valence-electron chi connectivity index (χ2n) is 5.49. The summed E-state index contributed by atoms with van der Waals surface area (Å²) in [5.41, 5.74) is 7.40. The number of amides is 1. The second kappa shape index (κ2) is 7.07. The largest absolute Gasteiger partial charge is 0.397 e. The van der Waals surface area contributed by atoms with Crippen LogP contribution in [0.1, 0.15) is 31.7 Å². The van der Waals surface area contributed by atoms with E-state index in [1.807, 2.05) is 37.3 Å². The first-order valence-corrected chi connectivity index (χ1v) is 7.43. The summed E-state index contributed by atoms with van der Waals surface area (Å²) < 4.78 is 13.1. The molecule has 0 aromatic heterocycles. The highest BCUT2D eigenvalue weighted by atomic mass is 19.1. The van der Waals surface area contributed by atoms with Gasteiger partial charge in [0.2, 0.25) is 5.91 Å². The van der Waals surface area contributed by atoms with Crippen molar-refractivity contribution in [3.05, 3.63) is 59.9 Å². The minimum atomic E-state index is -0.419. The molecule has 0 spiro atoms. The van der Waals surface area contributed by atoms with Gasteiger partial charge >= 0.3 is 0 Å². The van der Waals surface area contributed by atoms with Crippen molar-refractivity contribution in [2.24, 2.45) is 5.92 Å². The number of hydrogen-bond acceptors (Lipinski definition) is 2. The van der Waals surface area contributed by atoms with Gasteiger partial charge in [-0.25, -0.2) is 4.39 Å². The van der Waals surface area contributed by atoms with Crippen LogP contribution < -0.4 is 11.1 Å². The molecule has 4 heteroatoms. The van der Waals surface area contributed by atoms with Gasteiger partial charge in [-0.1, -0.05) is 50.6 Å². The van der Waals surface area contributed by atoms with Gasteiger partial charge in [0, 0.05) is 0 Å². The Kier molecular flexibility index (Phi) is 5.15. The average molecular weight is 300 g/mol. The molecule has 2 aromatic carbocycles. The van der Waals surface area contributed by atoms with Crippen molar-refractivity contribution in [1.29, 1.82) is 0 Å². The predicted molar refractivity (Wildman–Crippen MR) is 88.1 cm³/mol. The van der Waals surface area contributed by atoms with Crippen molar-refractivity contribution in [2.75, 3.05) is 11.1 Å². The van der Waals surface area contributed by atoms with Crippen LogP contribution in [-0.4, -0.2) is 5.91 Å². The number of halogens is 1. The van der Waals surface area contributed by atoms with E-state index in [2.05, 4.69) is 12.2 Å². The normalized spacial score (nSPS) is 13.4. The molecule has 0 fully saturated rings. The molecule has 0 bridgehead atoms. The smallest absolute Gasteiger partial charge is 0.232 e. The first kappa shape index (κ1) is 16.0. The number of anilines is 2. The van der Waals surface area contributed by atoms with Gasteiger partial charge in [-0.05, 0) is 29.7 Å². The number of benzene rings is 2. The zero-order valence-corrected chi connectivity index (χ0v) is 12.8. The number of carbonyl (C=O) groups excluding carboxylic acids is 1. The zero-order chi connectivity index (χ0) is 16.1. The van der Waals surface area contributed by atoms with E-state index in [0.29, 0.717) is 5.69 Å². The number of nitrogens with two attached hydrogens (primary N) is 1. The third-order valence-corrected chi connectivity index (χ3v) is 3.93. The number of rotatable bonds is 5. The number of nitrogen functional groups attached to an aromatic ring is 1. The summed E-state index contributed by atoms with van der Waals surface area (Å²) >= 11 is 0. The summed E-state index contributed by atoms with van der Waals surface area (Å²) in [7, 11) is 0. The van der Waals surface area contributed by atoms with Gasteiger partial charge < -0.3 is 11.1 Å². The number of nitrogens with one attached hydrogen (secondary N) is 1. The van der Waals surface area contributed by atoms with E-state index < -0.39 is 5.82 Å². The van der Waals surface area contributed by atoms with Crippen molar-refractivity contribution in [3.63, 3.8) is 0 Å². The lowest BCUT2D eigenvalue weighted by Gasteiger charge is -2.23. The average Bonchev–Trinajstić information content (AvgIpc) is 2.51. The van der Waals surface area contributed by atoms with Gasteiger partial charge in [-0.2, -0.15) is 0 Å². The summed E-state index contributed by atoms with van der Waals surface area (Å²) in [6.07, 6.45) is 0.881. The molecule has 0 saturated heterocycles. The molecule has 22 heavy (non-hydrogen) atoms. The molecule has 1 amide bonds. The third kappa shape index (κ3) is 3.64. The van der Waals surface area contributed by atoms with E-state index in [9.17, 15) is 9.18 Å². The van der Waals surface area contributed by atoms with E-state index in [-0.39, 0.29) is 23.4 Å². The lowest BCUT2D eigenvalue weighted by molar-refractivity contribution is -0.118.